The van der Waals surface area contributed by atoms with Crippen molar-refractivity contribution in [2.75, 3.05) is 5.73 Å². The molecular weight excluding hydrogens is 336 g/mol. The van der Waals surface area contributed by atoms with Gasteiger partial charge in [-0.3, -0.25) is 0 Å². The average molecular weight is 344 g/mol. The lowest BCUT2D eigenvalue weighted by Gasteiger charge is -2.08. The minimum absolute atomic E-state index is 0.0711. The van der Waals surface area contributed by atoms with E-state index in [1.54, 1.807) is 18.2 Å². The largest absolute Gasteiger partial charge is 0.478 e. The van der Waals surface area contributed by atoms with Gasteiger partial charge in [0.15, 0.2) is 0 Å². The fraction of sp³-hybridized carbons (Fsp3) is 0. The minimum atomic E-state index is -1.15. The molecular formula is C12H8BrClN2O3. The van der Waals surface area contributed by atoms with Crippen molar-refractivity contribution in [3.05, 3.63) is 45.5 Å². The fourth-order valence-corrected chi connectivity index (χ4v) is 2.07. The van der Waals surface area contributed by atoms with Crippen LogP contribution in [-0.4, -0.2) is 16.1 Å². The molecule has 0 aliphatic rings. The minimum Gasteiger partial charge on any atom is -0.478 e. The van der Waals surface area contributed by atoms with E-state index >= 15 is 0 Å². The van der Waals surface area contributed by atoms with Gasteiger partial charge < -0.3 is 15.6 Å². The highest BCUT2D eigenvalue weighted by molar-refractivity contribution is 9.10. The molecule has 0 atom stereocenters. The number of nitrogen functional groups attached to an aromatic ring is 1. The van der Waals surface area contributed by atoms with E-state index in [0.717, 1.165) is 4.47 Å². The molecule has 2 aromatic rings. The molecule has 0 aliphatic heterocycles. The summed E-state index contributed by atoms with van der Waals surface area (Å²) >= 11 is 9.26. The second-order valence-corrected chi connectivity index (χ2v) is 4.91. The van der Waals surface area contributed by atoms with Gasteiger partial charge in [-0.15, -0.1) is 0 Å². The first-order valence-electron chi connectivity index (χ1n) is 5.09. The lowest BCUT2D eigenvalue weighted by Crippen LogP contribution is -2.03. The van der Waals surface area contributed by atoms with Crippen molar-refractivity contribution in [1.82, 2.24) is 4.98 Å². The number of aromatic carboxylic acids is 1. The molecule has 98 valence electrons. The number of benzene rings is 1. The summed E-state index contributed by atoms with van der Waals surface area (Å²) in [6.07, 6.45) is 1.23. The molecule has 1 aromatic heterocycles. The zero-order valence-electron chi connectivity index (χ0n) is 9.43. The first kappa shape index (κ1) is 13.6. The molecule has 0 bridgehead atoms. The maximum absolute atomic E-state index is 10.9. The topological polar surface area (TPSA) is 85.4 Å². The molecule has 0 fully saturated rings. The second kappa shape index (κ2) is 5.46. The first-order valence-corrected chi connectivity index (χ1v) is 6.26. The summed E-state index contributed by atoms with van der Waals surface area (Å²) < 4.78 is 6.23. The van der Waals surface area contributed by atoms with Crippen molar-refractivity contribution in [2.24, 2.45) is 0 Å². The molecule has 1 heterocycles. The van der Waals surface area contributed by atoms with Crippen LogP contribution in [0, 0.1) is 0 Å². The number of halogens is 2. The number of rotatable bonds is 3. The molecule has 0 spiro atoms. The summed E-state index contributed by atoms with van der Waals surface area (Å²) in [4.78, 5) is 14.8. The highest BCUT2D eigenvalue weighted by Gasteiger charge is 2.12. The Morgan fingerprint density at radius 3 is 2.79 bits per heavy atom. The Kier molecular flexibility index (Phi) is 3.92. The van der Waals surface area contributed by atoms with Crippen LogP contribution in [0.5, 0.6) is 11.6 Å². The number of anilines is 1. The number of hydrogen-bond donors (Lipinski definition) is 2. The van der Waals surface area contributed by atoms with Crippen LogP contribution in [0.1, 0.15) is 10.4 Å². The number of carboxylic acids is 1. The number of nitrogens with two attached hydrogens (primary N) is 1. The van der Waals surface area contributed by atoms with E-state index in [1.807, 2.05) is 0 Å². The lowest BCUT2D eigenvalue weighted by atomic mass is 10.2. The van der Waals surface area contributed by atoms with Gasteiger partial charge in [-0.05, 0) is 18.2 Å². The Bertz CT molecular complexity index is 649. The number of carboxylic acid groups (broad SMARTS) is 1. The van der Waals surface area contributed by atoms with Gasteiger partial charge in [0.2, 0.25) is 5.88 Å². The van der Waals surface area contributed by atoms with Crippen molar-refractivity contribution in [1.29, 1.82) is 0 Å². The lowest BCUT2D eigenvalue weighted by molar-refractivity contribution is 0.0697. The Morgan fingerprint density at radius 2 is 2.16 bits per heavy atom. The van der Waals surface area contributed by atoms with E-state index in [0.29, 0.717) is 10.8 Å². The highest BCUT2D eigenvalue weighted by atomic mass is 79.9. The second-order valence-electron chi connectivity index (χ2n) is 3.59. The van der Waals surface area contributed by atoms with Gasteiger partial charge >= 0.3 is 5.97 Å². The molecule has 7 heteroatoms. The van der Waals surface area contributed by atoms with Crippen LogP contribution in [0.3, 0.4) is 0 Å². The van der Waals surface area contributed by atoms with Crippen molar-refractivity contribution >= 4 is 39.2 Å². The maximum atomic E-state index is 10.9. The van der Waals surface area contributed by atoms with Gasteiger partial charge in [0.25, 0.3) is 0 Å². The Morgan fingerprint density at radius 1 is 1.42 bits per heavy atom. The van der Waals surface area contributed by atoms with Crippen LogP contribution in [0.15, 0.2) is 34.9 Å². The SMILES string of the molecule is Nc1cnc(Oc2ccc(Br)cc2Cl)cc1C(=O)O. The number of ether oxygens (including phenoxy) is 1. The molecule has 0 radical (unpaired) electrons. The third-order valence-electron chi connectivity index (χ3n) is 2.25. The van der Waals surface area contributed by atoms with Gasteiger partial charge in [-0.1, -0.05) is 27.5 Å². The summed E-state index contributed by atoms with van der Waals surface area (Å²) in [5.41, 5.74) is 5.50. The number of aromatic nitrogens is 1. The monoisotopic (exact) mass is 342 g/mol. The summed E-state index contributed by atoms with van der Waals surface area (Å²) in [5.74, 6) is -0.666. The average Bonchev–Trinajstić information content (AvgIpc) is 2.34. The molecule has 2 rings (SSSR count). The number of carbonyl (C=O) groups is 1. The van der Waals surface area contributed by atoms with Gasteiger partial charge in [0, 0.05) is 10.5 Å². The molecule has 0 saturated carbocycles. The normalized spacial score (nSPS) is 10.2. The molecule has 19 heavy (non-hydrogen) atoms. The van der Waals surface area contributed by atoms with E-state index in [9.17, 15) is 4.79 Å². The first-order chi connectivity index (χ1) is 8.97. The molecule has 0 saturated heterocycles. The predicted molar refractivity (Wildman–Crippen MR) is 74.8 cm³/mol. The smallest absolute Gasteiger partial charge is 0.338 e. The van der Waals surface area contributed by atoms with Gasteiger partial charge in [0.05, 0.1) is 22.5 Å². The maximum Gasteiger partial charge on any atom is 0.338 e. The van der Waals surface area contributed by atoms with Gasteiger partial charge in [0.1, 0.15) is 5.75 Å². The Labute approximate surface area is 122 Å². The van der Waals surface area contributed by atoms with E-state index < -0.39 is 5.97 Å². The number of pyridine rings is 1. The quantitative estimate of drug-likeness (QED) is 0.890. The van der Waals surface area contributed by atoms with Crippen molar-refractivity contribution in [3.63, 3.8) is 0 Å². The van der Waals surface area contributed by atoms with Crippen LogP contribution < -0.4 is 10.5 Å². The van der Waals surface area contributed by atoms with Crippen LogP contribution >= 0.6 is 27.5 Å². The summed E-state index contributed by atoms with van der Waals surface area (Å²) in [5, 5.41) is 9.33. The van der Waals surface area contributed by atoms with Crippen molar-refractivity contribution < 1.29 is 14.6 Å². The van der Waals surface area contributed by atoms with Gasteiger partial charge in [-0.25, -0.2) is 9.78 Å². The zero-order chi connectivity index (χ0) is 14.0. The molecule has 0 aliphatic carbocycles. The molecule has 3 N–H and O–H groups in total. The van der Waals surface area contributed by atoms with Crippen LogP contribution in [0.2, 0.25) is 5.02 Å². The number of hydrogen-bond acceptors (Lipinski definition) is 4. The molecule has 0 unspecified atom stereocenters. The van der Waals surface area contributed by atoms with Crippen LogP contribution in [0.25, 0.3) is 0 Å². The highest BCUT2D eigenvalue weighted by Crippen LogP contribution is 2.31. The third kappa shape index (κ3) is 3.15. The van der Waals surface area contributed by atoms with Crippen LogP contribution in [-0.2, 0) is 0 Å². The van der Waals surface area contributed by atoms with Crippen molar-refractivity contribution in [2.45, 2.75) is 0 Å². The van der Waals surface area contributed by atoms with Crippen LogP contribution in [0.4, 0.5) is 5.69 Å². The third-order valence-corrected chi connectivity index (χ3v) is 3.04. The van der Waals surface area contributed by atoms with E-state index in [4.69, 9.17) is 27.2 Å². The Balaban J connectivity index is 2.33. The summed E-state index contributed by atoms with van der Waals surface area (Å²) in [7, 11) is 0. The van der Waals surface area contributed by atoms with E-state index in [2.05, 4.69) is 20.9 Å². The van der Waals surface area contributed by atoms with E-state index in [-0.39, 0.29) is 17.1 Å². The van der Waals surface area contributed by atoms with Gasteiger partial charge in [-0.2, -0.15) is 0 Å². The fourth-order valence-electron chi connectivity index (χ4n) is 1.36. The van der Waals surface area contributed by atoms with E-state index in [1.165, 1.54) is 12.3 Å². The predicted octanol–water partition coefficient (Wildman–Crippen LogP) is 3.57. The zero-order valence-corrected chi connectivity index (χ0v) is 11.8. The molecule has 1 aromatic carbocycles. The standard InChI is InChI=1S/C12H8BrClN2O3/c13-6-1-2-10(8(14)3-6)19-11-4-7(12(17)18)9(15)5-16-11/h1-5H,15H2,(H,17,18). The summed E-state index contributed by atoms with van der Waals surface area (Å²) in [6, 6.07) is 6.30. The number of nitrogens with zero attached hydrogens (tertiary/aromatic N) is 1. The Hall–Kier alpha value is -1.79. The molecule has 0 amide bonds. The molecule has 5 nitrogen and oxygen atoms in total. The van der Waals surface area contributed by atoms with Crippen molar-refractivity contribution in [3.8, 4) is 11.6 Å². The summed E-state index contributed by atoms with van der Waals surface area (Å²) in [6.45, 7) is 0.